The first-order valence-electron chi connectivity index (χ1n) is 11.1. The fourth-order valence-electron chi connectivity index (χ4n) is 4.99. The molecule has 5 nitrogen and oxygen atoms in total. The molecule has 0 unspecified atom stereocenters. The summed E-state index contributed by atoms with van der Waals surface area (Å²) >= 11 is 5.84. The van der Waals surface area contributed by atoms with Gasteiger partial charge in [0, 0.05) is 24.6 Å². The van der Waals surface area contributed by atoms with E-state index in [1.807, 2.05) is 36.5 Å². The number of nitrogens with one attached hydrogen (secondary N) is 1. The first kappa shape index (κ1) is 20.1. The van der Waals surface area contributed by atoms with Crippen molar-refractivity contribution in [3.8, 4) is 5.75 Å². The highest BCUT2D eigenvalue weighted by Gasteiger charge is 2.42. The molecule has 1 saturated carbocycles. The van der Waals surface area contributed by atoms with Crippen LogP contribution in [0.5, 0.6) is 5.75 Å². The molecule has 6 heteroatoms. The molecule has 0 spiro atoms. The molecule has 1 aliphatic carbocycles. The van der Waals surface area contributed by atoms with E-state index in [0.29, 0.717) is 11.2 Å². The summed E-state index contributed by atoms with van der Waals surface area (Å²) in [5.41, 5.74) is 3.19. The Hall–Kier alpha value is -2.86. The first-order chi connectivity index (χ1) is 15.3. The lowest BCUT2D eigenvalue weighted by Gasteiger charge is -2.28. The molecule has 2 atom stereocenters. The van der Waals surface area contributed by atoms with Crippen molar-refractivity contribution in [1.82, 2.24) is 14.9 Å². The summed E-state index contributed by atoms with van der Waals surface area (Å²) in [4.78, 5) is 6.84. The van der Waals surface area contributed by atoms with Crippen LogP contribution in [0.1, 0.15) is 61.5 Å². The summed E-state index contributed by atoms with van der Waals surface area (Å²) in [6, 6.07) is 16.9. The number of hydrogen-bond donors (Lipinski definition) is 1. The zero-order valence-corrected chi connectivity index (χ0v) is 18.6. The van der Waals surface area contributed by atoms with Crippen molar-refractivity contribution in [3.05, 3.63) is 78.4 Å². The number of hydrogen-bond acceptors (Lipinski definition) is 3. The van der Waals surface area contributed by atoms with Gasteiger partial charge in [-0.3, -0.25) is 4.98 Å². The third-order valence-corrected chi connectivity index (χ3v) is 6.83. The molecule has 0 amide bonds. The summed E-state index contributed by atoms with van der Waals surface area (Å²) in [6.45, 7) is 0. The molecule has 3 aromatic rings. The molecule has 1 aromatic carbocycles. The molecule has 160 valence electrons. The third kappa shape index (κ3) is 3.81. The summed E-state index contributed by atoms with van der Waals surface area (Å²) in [6.07, 6.45) is 12.9. The van der Waals surface area contributed by atoms with Crippen molar-refractivity contribution >= 4 is 23.0 Å². The highest BCUT2D eigenvalue weighted by molar-refractivity contribution is 7.80. The molecule has 5 rings (SSSR count). The van der Waals surface area contributed by atoms with Crippen molar-refractivity contribution in [2.24, 2.45) is 0 Å². The molecule has 0 bridgehead atoms. The Labute approximate surface area is 189 Å². The van der Waals surface area contributed by atoms with Crippen molar-refractivity contribution in [1.29, 1.82) is 0 Å². The van der Waals surface area contributed by atoms with Gasteiger partial charge in [-0.05, 0) is 61.0 Å². The molecule has 2 aliphatic rings. The van der Waals surface area contributed by atoms with E-state index in [1.165, 1.54) is 37.7 Å². The van der Waals surface area contributed by atoms with Crippen LogP contribution >= 0.6 is 12.2 Å². The van der Waals surface area contributed by atoms with Crippen molar-refractivity contribution < 1.29 is 4.74 Å². The van der Waals surface area contributed by atoms with Crippen LogP contribution in [0.25, 0.3) is 0 Å². The molecule has 3 heterocycles. The van der Waals surface area contributed by atoms with Crippen LogP contribution < -0.4 is 15.0 Å². The average Bonchev–Trinajstić information content (AvgIpc) is 3.45. The second-order valence-electron chi connectivity index (χ2n) is 8.35. The van der Waals surface area contributed by atoms with Gasteiger partial charge in [0.05, 0.1) is 30.6 Å². The fourth-order valence-corrected chi connectivity index (χ4v) is 5.33. The lowest BCUT2D eigenvalue weighted by molar-refractivity contribution is 0.353. The monoisotopic (exact) mass is 432 g/mol. The second kappa shape index (κ2) is 8.71. The maximum absolute atomic E-state index is 5.84. The van der Waals surface area contributed by atoms with Gasteiger partial charge in [0.25, 0.3) is 0 Å². The minimum absolute atomic E-state index is 0.0106. The quantitative estimate of drug-likeness (QED) is 0.534. The predicted molar refractivity (Wildman–Crippen MR) is 127 cm³/mol. The summed E-state index contributed by atoms with van der Waals surface area (Å²) in [5.74, 6) is 0.810. The highest BCUT2D eigenvalue weighted by atomic mass is 32.1. The Bertz CT molecular complexity index is 1040. The summed E-state index contributed by atoms with van der Waals surface area (Å²) in [7, 11) is 1.70. The molecular weight excluding hydrogens is 404 g/mol. The van der Waals surface area contributed by atoms with E-state index in [9.17, 15) is 0 Å². The van der Waals surface area contributed by atoms with Gasteiger partial charge >= 0.3 is 0 Å². The van der Waals surface area contributed by atoms with Crippen LogP contribution in [0.2, 0.25) is 0 Å². The molecular formula is C25H28N4OS. The van der Waals surface area contributed by atoms with Crippen molar-refractivity contribution in [2.75, 3.05) is 12.0 Å². The molecule has 1 saturated heterocycles. The van der Waals surface area contributed by atoms with Crippen molar-refractivity contribution in [3.63, 3.8) is 0 Å². The average molecular weight is 433 g/mol. The zero-order valence-electron chi connectivity index (χ0n) is 17.8. The number of benzene rings is 1. The lowest BCUT2D eigenvalue weighted by Crippen LogP contribution is -2.29. The van der Waals surface area contributed by atoms with E-state index in [2.05, 4.69) is 50.4 Å². The number of ether oxygens (including phenoxy) is 1. The molecule has 31 heavy (non-hydrogen) atoms. The van der Waals surface area contributed by atoms with Gasteiger partial charge in [-0.2, -0.15) is 0 Å². The molecule has 2 fully saturated rings. The van der Waals surface area contributed by atoms with Gasteiger partial charge in [-0.25, -0.2) is 0 Å². The standard InChI is InChI=1S/C25H28N4OS/c1-30-22-13-6-5-12-21(22)29-24(23(27-25(29)31)20-11-7-8-15-26-20)18-14-16-28(17-18)19-9-3-2-4-10-19/h5-8,11-17,19,23-24H,2-4,9-10H2,1H3,(H,27,31)/t23-,24-/m1/s1. The van der Waals surface area contributed by atoms with Crippen LogP contribution in [0, 0.1) is 0 Å². The minimum Gasteiger partial charge on any atom is -0.495 e. The van der Waals surface area contributed by atoms with E-state index in [0.717, 1.165) is 17.1 Å². The smallest absolute Gasteiger partial charge is 0.174 e. The van der Waals surface area contributed by atoms with E-state index in [1.54, 1.807) is 7.11 Å². The Morgan fingerprint density at radius 3 is 2.61 bits per heavy atom. The maximum atomic E-state index is 5.84. The number of nitrogens with zero attached hydrogens (tertiary/aromatic N) is 3. The Morgan fingerprint density at radius 1 is 1.03 bits per heavy atom. The Kier molecular flexibility index (Phi) is 5.64. The number of anilines is 1. The summed E-state index contributed by atoms with van der Waals surface area (Å²) in [5, 5.41) is 4.23. The third-order valence-electron chi connectivity index (χ3n) is 6.52. The highest BCUT2D eigenvalue weighted by Crippen LogP contribution is 2.44. The molecule has 1 aliphatic heterocycles. The van der Waals surface area contributed by atoms with Crippen LogP contribution in [-0.2, 0) is 0 Å². The zero-order chi connectivity index (χ0) is 21.2. The number of pyridine rings is 1. The van der Waals surface area contributed by atoms with Gasteiger partial charge in [0.2, 0.25) is 0 Å². The first-order valence-corrected chi connectivity index (χ1v) is 11.5. The van der Waals surface area contributed by atoms with E-state index in [-0.39, 0.29) is 12.1 Å². The topological polar surface area (TPSA) is 42.3 Å². The van der Waals surface area contributed by atoms with Crippen molar-refractivity contribution in [2.45, 2.75) is 50.2 Å². The SMILES string of the molecule is COc1ccccc1N1C(=S)N[C@H](c2ccccn2)[C@H]1c1ccn(C2CCCCC2)c1. The number of para-hydroxylation sites is 2. The molecule has 2 aromatic heterocycles. The van der Waals surface area contributed by atoms with Gasteiger partial charge in [-0.1, -0.05) is 37.5 Å². The van der Waals surface area contributed by atoms with Crippen LogP contribution in [0.3, 0.4) is 0 Å². The minimum atomic E-state index is -0.0409. The van der Waals surface area contributed by atoms with Crippen LogP contribution in [0.4, 0.5) is 5.69 Å². The number of methoxy groups -OCH3 is 1. The maximum Gasteiger partial charge on any atom is 0.174 e. The van der Waals surface area contributed by atoms with E-state index in [4.69, 9.17) is 17.0 Å². The van der Waals surface area contributed by atoms with Gasteiger partial charge in [0.15, 0.2) is 5.11 Å². The summed E-state index contributed by atoms with van der Waals surface area (Å²) < 4.78 is 8.09. The fraction of sp³-hybridized carbons (Fsp3) is 0.360. The van der Waals surface area contributed by atoms with Crippen LogP contribution in [0.15, 0.2) is 67.1 Å². The predicted octanol–water partition coefficient (Wildman–Crippen LogP) is 5.57. The number of rotatable bonds is 5. The lowest BCUT2D eigenvalue weighted by atomic mass is 9.95. The Balaban J connectivity index is 1.57. The normalized spacial score (nSPS) is 21.8. The second-order valence-corrected chi connectivity index (χ2v) is 8.74. The number of thiocarbonyl (C=S) groups is 1. The Morgan fingerprint density at radius 2 is 1.84 bits per heavy atom. The van der Waals surface area contributed by atoms with Gasteiger partial charge in [0.1, 0.15) is 5.75 Å². The van der Waals surface area contributed by atoms with Gasteiger partial charge < -0.3 is 19.5 Å². The molecule has 0 radical (unpaired) electrons. The molecule has 1 N–H and O–H groups in total. The van der Waals surface area contributed by atoms with Crippen LogP contribution in [-0.4, -0.2) is 21.8 Å². The number of aromatic nitrogens is 2. The largest absolute Gasteiger partial charge is 0.495 e. The van der Waals surface area contributed by atoms with Gasteiger partial charge in [-0.15, -0.1) is 0 Å². The van der Waals surface area contributed by atoms with E-state index < -0.39 is 0 Å². The van der Waals surface area contributed by atoms with E-state index >= 15 is 0 Å².